The summed E-state index contributed by atoms with van der Waals surface area (Å²) in [7, 11) is 4.52. The van der Waals surface area contributed by atoms with Crippen LogP contribution in [0.25, 0.3) is 17.0 Å². The number of ether oxygens (including phenoxy) is 4. The number of para-hydroxylation sites is 1. The van der Waals surface area contributed by atoms with Crippen LogP contribution in [0.15, 0.2) is 87.9 Å². The number of halogens is 1. The molecule has 46 heavy (non-hydrogen) atoms. The Balaban J connectivity index is 1.54. The molecule has 0 amide bonds. The minimum Gasteiger partial charge on any atom is -0.493 e. The average Bonchev–Trinajstić information content (AvgIpc) is 3.56. The number of carbonyl (C=O) groups is 1. The Bertz CT molecular complexity index is 2150. The van der Waals surface area contributed by atoms with E-state index in [1.54, 1.807) is 38.1 Å². The molecule has 9 nitrogen and oxygen atoms in total. The Morgan fingerprint density at radius 2 is 1.72 bits per heavy atom. The highest BCUT2D eigenvalue weighted by Gasteiger charge is 2.34. The minimum absolute atomic E-state index is 0.157. The SMILES string of the molecule is CCOC(=O)C1=C(C)N=c2s/c(=C\c3cn(Cc4ccc(F)cc4)c4ccccc34)c(=O)n2[C@H]1c1cc(OC)c(OC)c(OC)c1. The quantitative estimate of drug-likeness (QED) is 0.211. The predicted molar refractivity (Wildman–Crippen MR) is 174 cm³/mol. The Labute approximate surface area is 268 Å². The van der Waals surface area contributed by atoms with Crippen molar-refractivity contribution in [1.82, 2.24) is 9.13 Å². The lowest BCUT2D eigenvalue weighted by Crippen LogP contribution is -2.40. The summed E-state index contributed by atoms with van der Waals surface area (Å²) in [6, 6.07) is 16.9. The molecule has 0 bridgehead atoms. The molecule has 3 heterocycles. The summed E-state index contributed by atoms with van der Waals surface area (Å²) in [6.07, 6.45) is 3.83. The molecule has 0 aliphatic carbocycles. The number of esters is 1. The van der Waals surface area contributed by atoms with Crippen molar-refractivity contribution in [3.63, 3.8) is 0 Å². The average molecular weight is 642 g/mol. The van der Waals surface area contributed by atoms with Crippen molar-refractivity contribution < 1.29 is 28.1 Å². The number of fused-ring (bicyclic) bond motifs is 2. The smallest absolute Gasteiger partial charge is 0.338 e. The second kappa shape index (κ2) is 12.7. The lowest BCUT2D eigenvalue weighted by molar-refractivity contribution is -0.139. The molecule has 0 saturated carbocycles. The lowest BCUT2D eigenvalue weighted by atomic mass is 9.95. The third-order valence-corrected chi connectivity index (χ3v) is 8.87. The van der Waals surface area contributed by atoms with Crippen molar-refractivity contribution in [1.29, 1.82) is 0 Å². The molecule has 1 aliphatic rings. The molecule has 0 unspecified atom stereocenters. The van der Waals surface area contributed by atoms with Crippen LogP contribution in [-0.2, 0) is 16.1 Å². The zero-order chi connectivity index (χ0) is 32.5. The molecule has 11 heteroatoms. The van der Waals surface area contributed by atoms with E-state index in [1.807, 2.05) is 36.5 Å². The molecule has 5 aromatic rings. The van der Waals surface area contributed by atoms with Crippen molar-refractivity contribution in [3.05, 3.63) is 120 Å². The summed E-state index contributed by atoms with van der Waals surface area (Å²) in [5.74, 6) is 0.289. The molecular formula is C35H32FN3O6S. The van der Waals surface area contributed by atoms with E-state index in [2.05, 4.69) is 4.57 Å². The number of rotatable bonds is 9. The molecule has 3 aromatic carbocycles. The number of aromatic nitrogens is 2. The van der Waals surface area contributed by atoms with Crippen LogP contribution in [0.4, 0.5) is 4.39 Å². The van der Waals surface area contributed by atoms with Gasteiger partial charge < -0.3 is 23.5 Å². The fraction of sp³-hybridized carbons (Fsp3) is 0.229. The first-order valence-corrected chi connectivity index (χ1v) is 15.4. The number of hydrogen-bond donors (Lipinski definition) is 0. The number of methoxy groups -OCH3 is 3. The Morgan fingerprint density at radius 1 is 1.02 bits per heavy atom. The highest BCUT2D eigenvalue weighted by molar-refractivity contribution is 7.07. The van der Waals surface area contributed by atoms with Gasteiger partial charge in [0.05, 0.1) is 49.8 Å². The van der Waals surface area contributed by atoms with Gasteiger partial charge in [0.25, 0.3) is 5.56 Å². The van der Waals surface area contributed by atoms with Gasteiger partial charge in [0.15, 0.2) is 16.3 Å². The molecule has 2 aromatic heterocycles. The van der Waals surface area contributed by atoms with Gasteiger partial charge in [-0.3, -0.25) is 9.36 Å². The molecule has 0 radical (unpaired) electrons. The summed E-state index contributed by atoms with van der Waals surface area (Å²) < 4.78 is 39.7. The van der Waals surface area contributed by atoms with Crippen molar-refractivity contribution in [3.8, 4) is 17.2 Å². The molecule has 0 N–H and O–H groups in total. The Kier molecular flexibility index (Phi) is 8.50. The molecule has 1 atom stereocenters. The summed E-state index contributed by atoms with van der Waals surface area (Å²) >= 11 is 1.24. The first-order valence-electron chi connectivity index (χ1n) is 14.6. The van der Waals surface area contributed by atoms with Gasteiger partial charge in [-0.2, -0.15) is 0 Å². The van der Waals surface area contributed by atoms with E-state index < -0.39 is 12.0 Å². The zero-order valence-electron chi connectivity index (χ0n) is 26.0. The number of hydrogen-bond acceptors (Lipinski definition) is 8. The molecule has 0 fully saturated rings. The van der Waals surface area contributed by atoms with Crippen LogP contribution in [-0.4, -0.2) is 43.0 Å². The van der Waals surface area contributed by atoms with Gasteiger partial charge in [-0.25, -0.2) is 14.2 Å². The maximum absolute atomic E-state index is 14.3. The van der Waals surface area contributed by atoms with Crippen LogP contribution in [0, 0.1) is 5.82 Å². The van der Waals surface area contributed by atoms with Crippen molar-refractivity contribution in [2.45, 2.75) is 26.4 Å². The van der Waals surface area contributed by atoms with E-state index in [0.717, 1.165) is 22.0 Å². The van der Waals surface area contributed by atoms with Crippen molar-refractivity contribution in [2.24, 2.45) is 4.99 Å². The Hall–Kier alpha value is -5.16. The second-order valence-electron chi connectivity index (χ2n) is 10.6. The standard InChI is InChI=1S/C35H32FN3O6S/c1-6-45-34(41)30-20(2)37-35-39(31(30)22-15-27(42-3)32(44-5)28(16-22)43-4)33(40)29(46-35)17-23-19-38(26-10-8-7-9-25(23)26)18-21-11-13-24(36)14-12-21/h7-17,19,31H,6,18H2,1-5H3/b29-17-/t31-/m0/s1. The van der Waals surface area contributed by atoms with Gasteiger partial charge in [-0.05, 0) is 61.4 Å². The molecule has 236 valence electrons. The third kappa shape index (κ3) is 5.47. The van der Waals surface area contributed by atoms with E-state index >= 15 is 0 Å². The van der Waals surface area contributed by atoms with Gasteiger partial charge in [-0.15, -0.1) is 0 Å². The van der Waals surface area contributed by atoms with E-state index in [0.29, 0.717) is 44.4 Å². The highest BCUT2D eigenvalue weighted by Crippen LogP contribution is 2.42. The monoisotopic (exact) mass is 641 g/mol. The largest absolute Gasteiger partial charge is 0.493 e. The van der Waals surface area contributed by atoms with Gasteiger partial charge in [0, 0.05) is 29.2 Å². The second-order valence-corrected chi connectivity index (χ2v) is 11.6. The number of carbonyl (C=O) groups excluding carboxylic acids is 1. The number of benzene rings is 3. The topological polar surface area (TPSA) is 93.3 Å². The first kappa shape index (κ1) is 30.8. The van der Waals surface area contributed by atoms with E-state index in [1.165, 1.54) is 49.4 Å². The van der Waals surface area contributed by atoms with E-state index in [4.69, 9.17) is 23.9 Å². The normalized spacial score (nSPS) is 14.7. The fourth-order valence-corrected chi connectivity index (χ4v) is 6.85. The van der Waals surface area contributed by atoms with Crippen LogP contribution in [0.1, 0.15) is 36.6 Å². The van der Waals surface area contributed by atoms with Crippen molar-refractivity contribution >= 4 is 34.3 Å². The maximum atomic E-state index is 14.3. The van der Waals surface area contributed by atoms with Gasteiger partial charge in [0.2, 0.25) is 5.75 Å². The van der Waals surface area contributed by atoms with Crippen LogP contribution >= 0.6 is 11.3 Å². The van der Waals surface area contributed by atoms with Crippen LogP contribution < -0.4 is 29.1 Å². The van der Waals surface area contributed by atoms with Gasteiger partial charge >= 0.3 is 5.97 Å². The third-order valence-electron chi connectivity index (χ3n) is 7.89. The van der Waals surface area contributed by atoms with Gasteiger partial charge in [0.1, 0.15) is 5.82 Å². The summed E-state index contributed by atoms with van der Waals surface area (Å²) in [5, 5.41) is 0.958. The first-order chi connectivity index (χ1) is 22.3. The van der Waals surface area contributed by atoms with E-state index in [-0.39, 0.29) is 23.6 Å². The van der Waals surface area contributed by atoms with Crippen LogP contribution in [0.5, 0.6) is 17.2 Å². The summed E-state index contributed by atoms with van der Waals surface area (Å²) in [6.45, 7) is 4.14. The maximum Gasteiger partial charge on any atom is 0.338 e. The van der Waals surface area contributed by atoms with Crippen molar-refractivity contribution in [2.75, 3.05) is 27.9 Å². The lowest BCUT2D eigenvalue weighted by Gasteiger charge is -2.26. The Morgan fingerprint density at radius 3 is 2.37 bits per heavy atom. The zero-order valence-corrected chi connectivity index (χ0v) is 26.8. The number of allylic oxidation sites excluding steroid dienone is 1. The molecule has 0 spiro atoms. The summed E-state index contributed by atoms with van der Waals surface area (Å²) in [5.41, 5.74) is 3.70. The molecule has 0 saturated heterocycles. The fourth-order valence-electron chi connectivity index (χ4n) is 5.81. The highest BCUT2D eigenvalue weighted by atomic mass is 32.1. The van der Waals surface area contributed by atoms with Gasteiger partial charge in [-0.1, -0.05) is 41.7 Å². The number of thiazole rings is 1. The molecule has 1 aliphatic heterocycles. The molecular weight excluding hydrogens is 609 g/mol. The van der Waals surface area contributed by atoms with Crippen LogP contribution in [0.3, 0.4) is 0 Å². The summed E-state index contributed by atoms with van der Waals surface area (Å²) in [4.78, 5) is 32.8. The molecule has 6 rings (SSSR count). The van der Waals surface area contributed by atoms with E-state index in [9.17, 15) is 14.0 Å². The number of nitrogens with zero attached hydrogens (tertiary/aromatic N) is 3. The van der Waals surface area contributed by atoms with Crippen LogP contribution in [0.2, 0.25) is 0 Å². The minimum atomic E-state index is -0.869. The predicted octanol–water partition coefficient (Wildman–Crippen LogP) is 4.97.